The molecule has 2 heteroatoms. The van der Waals surface area contributed by atoms with Gasteiger partial charge >= 0.3 is 0 Å². The van der Waals surface area contributed by atoms with Crippen LogP contribution in [0.2, 0.25) is 5.02 Å². The Morgan fingerprint density at radius 3 is 2.18 bits per heavy atom. The van der Waals surface area contributed by atoms with Crippen LogP contribution in [0.4, 0.5) is 0 Å². The Morgan fingerprint density at radius 1 is 0.824 bits per heavy atom. The van der Waals surface area contributed by atoms with Crippen LogP contribution in [0.25, 0.3) is 11.1 Å². The molecule has 1 N–H and O–H groups in total. The summed E-state index contributed by atoms with van der Waals surface area (Å²) < 4.78 is 0. The molecule has 0 unspecified atom stereocenters. The van der Waals surface area contributed by atoms with Gasteiger partial charge in [-0.2, -0.15) is 0 Å². The summed E-state index contributed by atoms with van der Waals surface area (Å²) in [6.45, 7) is 6.20. The van der Waals surface area contributed by atoms with Crippen LogP contribution in [0.15, 0.2) is 30.3 Å². The molecule has 0 aliphatic heterocycles. The molecule has 0 amide bonds. The van der Waals surface area contributed by atoms with Crippen LogP contribution >= 0.6 is 11.6 Å². The van der Waals surface area contributed by atoms with E-state index in [1.807, 2.05) is 6.92 Å². The molecule has 0 aliphatic rings. The van der Waals surface area contributed by atoms with E-state index in [9.17, 15) is 5.11 Å². The van der Waals surface area contributed by atoms with E-state index in [1.54, 1.807) is 18.2 Å². The van der Waals surface area contributed by atoms with E-state index in [0.717, 1.165) is 16.7 Å². The van der Waals surface area contributed by atoms with Crippen LogP contribution in [0, 0.1) is 20.8 Å². The normalized spacial score (nSPS) is 10.6. The molecule has 0 atom stereocenters. The lowest BCUT2D eigenvalue weighted by Gasteiger charge is -2.11. The second kappa shape index (κ2) is 4.42. The molecular weight excluding hydrogens is 232 g/mol. The van der Waals surface area contributed by atoms with Crippen LogP contribution in [0.3, 0.4) is 0 Å². The van der Waals surface area contributed by atoms with Crippen molar-refractivity contribution in [1.29, 1.82) is 0 Å². The Balaban J connectivity index is 2.68. The zero-order valence-electron chi connectivity index (χ0n) is 10.2. The fraction of sp³-hybridized carbons (Fsp3) is 0.200. The second-order valence-corrected chi connectivity index (χ2v) is 4.85. The smallest absolute Gasteiger partial charge is 0.123 e. The van der Waals surface area contributed by atoms with E-state index in [-0.39, 0.29) is 5.75 Å². The number of phenolic OH excluding ortho intramolecular Hbond substituents is 1. The first-order valence-electron chi connectivity index (χ1n) is 5.56. The van der Waals surface area contributed by atoms with Gasteiger partial charge in [-0.3, -0.25) is 0 Å². The van der Waals surface area contributed by atoms with Gasteiger partial charge in [-0.25, -0.2) is 0 Å². The fourth-order valence-electron chi connectivity index (χ4n) is 1.97. The molecule has 0 heterocycles. The van der Waals surface area contributed by atoms with Gasteiger partial charge in [0.15, 0.2) is 0 Å². The quantitative estimate of drug-likeness (QED) is 0.777. The van der Waals surface area contributed by atoms with Gasteiger partial charge in [-0.15, -0.1) is 0 Å². The standard InChI is InChI=1S/C15H15ClO/c1-9-6-11(3)13(7-10(9)2)14-8-12(16)4-5-15(14)17/h4-8,17H,1-3H3. The second-order valence-electron chi connectivity index (χ2n) is 4.41. The number of hydrogen-bond acceptors (Lipinski definition) is 1. The SMILES string of the molecule is Cc1cc(C)c(-c2cc(Cl)ccc2O)cc1C. The van der Waals surface area contributed by atoms with Gasteiger partial charge in [0.2, 0.25) is 0 Å². The topological polar surface area (TPSA) is 20.2 Å². The van der Waals surface area contributed by atoms with Gasteiger partial charge < -0.3 is 5.11 Å². The monoisotopic (exact) mass is 246 g/mol. The summed E-state index contributed by atoms with van der Waals surface area (Å²) in [5.41, 5.74) is 5.44. The van der Waals surface area contributed by atoms with Crippen LogP contribution in [-0.4, -0.2) is 5.11 Å². The van der Waals surface area contributed by atoms with Gasteiger partial charge in [-0.1, -0.05) is 23.7 Å². The first-order valence-corrected chi connectivity index (χ1v) is 5.93. The minimum absolute atomic E-state index is 0.265. The van der Waals surface area contributed by atoms with Crippen molar-refractivity contribution in [3.63, 3.8) is 0 Å². The van der Waals surface area contributed by atoms with E-state index < -0.39 is 0 Å². The fourth-order valence-corrected chi connectivity index (χ4v) is 2.15. The minimum atomic E-state index is 0.265. The molecule has 0 aromatic heterocycles. The Morgan fingerprint density at radius 2 is 1.47 bits per heavy atom. The Hall–Kier alpha value is -1.47. The van der Waals surface area contributed by atoms with Crippen molar-refractivity contribution >= 4 is 11.6 Å². The van der Waals surface area contributed by atoms with E-state index in [2.05, 4.69) is 26.0 Å². The lowest BCUT2D eigenvalue weighted by atomic mass is 9.95. The zero-order chi connectivity index (χ0) is 12.6. The van der Waals surface area contributed by atoms with Gasteiger partial charge in [0.05, 0.1) is 0 Å². The third kappa shape index (κ3) is 2.29. The lowest BCUT2D eigenvalue weighted by Crippen LogP contribution is -1.89. The average Bonchev–Trinajstić information content (AvgIpc) is 2.27. The van der Waals surface area contributed by atoms with Crippen molar-refractivity contribution < 1.29 is 5.11 Å². The van der Waals surface area contributed by atoms with Crippen LogP contribution in [-0.2, 0) is 0 Å². The van der Waals surface area contributed by atoms with Gasteiger partial charge in [-0.05, 0) is 61.2 Å². The summed E-state index contributed by atoms with van der Waals surface area (Å²) in [5.74, 6) is 0.265. The van der Waals surface area contributed by atoms with Crippen molar-refractivity contribution in [2.24, 2.45) is 0 Å². The molecule has 0 spiro atoms. The van der Waals surface area contributed by atoms with Gasteiger partial charge in [0.25, 0.3) is 0 Å². The van der Waals surface area contributed by atoms with Crippen molar-refractivity contribution in [3.8, 4) is 16.9 Å². The Kier molecular flexibility index (Phi) is 3.12. The highest BCUT2D eigenvalue weighted by molar-refractivity contribution is 6.31. The zero-order valence-corrected chi connectivity index (χ0v) is 11.0. The predicted octanol–water partition coefficient (Wildman–Crippen LogP) is 4.64. The molecule has 0 saturated heterocycles. The maximum absolute atomic E-state index is 9.91. The number of benzene rings is 2. The summed E-state index contributed by atoms with van der Waals surface area (Å²) in [7, 11) is 0. The highest BCUT2D eigenvalue weighted by Gasteiger charge is 2.09. The third-order valence-electron chi connectivity index (χ3n) is 3.09. The van der Waals surface area contributed by atoms with Crippen molar-refractivity contribution in [2.75, 3.05) is 0 Å². The lowest BCUT2D eigenvalue weighted by molar-refractivity contribution is 0.477. The first-order chi connectivity index (χ1) is 7.99. The summed E-state index contributed by atoms with van der Waals surface area (Å²) in [6, 6.07) is 9.35. The van der Waals surface area contributed by atoms with Crippen molar-refractivity contribution in [1.82, 2.24) is 0 Å². The predicted molar refractivity (Wildman–Crippen MR) is 72.8 cm³/mol. The molecule has 0 saturated carbocycles. The number of hydrogen-bond donors (Lipinski definition) is 1. The highest BCUT2D eigenvalue weighted by atomic mass is 35.5. The average molecular weight is 247 g/mol. The van der Waals surface area contributed by atoms with Crippen molar-refractivity contribution in [2.45, 2.75) is 20.8 Å². The van der Waals surface area contributed by atoms with E-state index >= 15 is 0 Å². The number of phenols is 1. The maximum atomic E-state index is 9.91. The molecule has 2 aromatic rings. The Labute approximate surface area is 107 Å². The third-order valence-corrected chi connectivity index (χ3v) is 3.32. The molecule has 2 aromatic carbocycles. The summed E-state index contributed by atoms with van der Waals surface area (Å²) in [4.78, 5) is 0. The van der Waals surface area contributed by atoms with Gasteiger partial charge in [0.1, 0.15) is 5.75 Å². The first kappa shape index (κ1) is 12.0. The molecule has 0 bridgehead atoms. The molecule has 0 radical (unpaired) electrons. The number of aryl methyl sites for hydroxylation is 3. The van der Waals surface area contributed by atoms with Crippen LogP contribution < -0.4 is 0 Å². The Bertz CT molecular complexity index is 573. The van der Waals surface area contributed by atoms with Crippen LogP contribution in [0.1, 0.15) is 16.7 Å². The number of halogens is 1. The minimum Gasteiger partial charge on any atom is -0.507 e. The molecular formula is C15H15ClO. The number of rotatable bonds is 1. The maximum Gasteiger partial charge on any atom is 0.123 e. The molecule has 2 rings (SSSR count). The molecule has 17 heavy (non-hydrogen) atoms. The molecule has 88 valence electrons. The summed E-state index contributed by atoms with van der Waals surface area (Å²) in [5, 5.41) is 10.5. The summed E-state index contributed by atoms with van der Waals surface area (Å²) in [6.07, 6.45) is 0. The van der Waals surface area contributed by atoms with E-state index in [1.165, 1.54) is 11.1 Å². The molecule has 0 fully saturated rings. The van der Waals surface area contributed by atoms with E-state index in [4.69, 9.17) is 11.6 Å². The molecule has 0 aliphatic carbocycles. The molecule has 1 nitrogen and oxygen atoms in total. The summed E-state index contributed by atoms with van der Waals surface area (Å²) >= 11 is 5.98. The van der Waals surface area contributed by atoms with Gasteiger partial charge in [0, 0.05) is 10.6 Å². The van der Waals surface area contributed by atoms with Crippen LogP contribution in [0.5, 0.6) is 5.75 Å². The number of aromatic hydroxyl groups is 1. The largest absolute Gasteiger partial charge is 0.507 e. The highest BCUT2D eigenvalue weighted by Crippen LogP contribution is 2.34. The van der Waals surface area contributed by atoms with Crippen molar-refractivity contribution in [3.05, 3.63) is 52.0 Å². The van der Waals surface area contributed by atoms with E-state index in [0.29, 0.717) is 5.02 Å².